The fourth-order valence-electron chi connectivity index (χ4n) is 1.22. The van der Waals surface area contributed by atoms with E-state index < -0.39 is 11.1 Å². The van der Waals surface area contributed by atoms with E-state index in [2.05, 4.69) is 20.9 Å². The highest BCUT2D eigenvalue weighted by atomic mass is 16.2. The predicted molar refractivity (Wildman–Crippen MR) is 79.6 cm³/mol. The summed E-state index contributed by atoms with van der Waals surface area (Å²) in [6.45, 7) is 14.2. The number of rotatable bonds is 6. The zero-order valence-electron chi connectivity index (χ0n) is 13.9. The van der Waals surface area contributed by atoms with Crippen molar-refractivity contribution in [3.63, 3.8) is 0 Å². The Hall–Kier alpha value is -1.46. The van der Waals surface area contributed by atoms with Gasteiger partial charge in [-0.05, 0) is 55.4 Å². The van der Waals surface area contributed by atoms with Crippen molar-refractivity contribution >= 4 is 11.8 Å². The van der Waals surface area contributed by atoms with Gasteiger partial charge in [0.15, 0.2) is 11.1 Å². The van der Waals surface area contributed by atoms with Crippen molar-refractivity contribution in [1.82, 2.24) is 10.6 Å². The van der Waals surface area contributed by atoms with Crippen molar-refractivity contribution in [2.24, 2.45) is 10.2 Å². The summed E-state index contributed by atoms with van der Waals surface area (Å²) < 4.78 is 0. The van der Waals surface area contributed by atoms with Gasteiger partial charge in [0.05, 0.1) is 0 Å². The third-order valence-corrected chi connectivity index (χ3v) is 2.50. The lowest BCUT2D eigenvalue weighted by Gasteiger charge is -2.23. The van der Waals surface area contributed by atoms with Crippen LogP contribution < -0.4 is 10.6 Å². The van der Waals surface area contributed by atoms with Crippen LogP contribution in [-0.4, -0.2) is 35.0 Å². The SMILES string of the molecule is CC(C)NC(=O)C(C)(C)/N=N/C(C)(C)C(=O)NC(C)C. The first-order valence-electron chi connectivity index (χ1n) is 6.94. The summed E-state index contributed by atoms with van der Waals surface area (Å²) >= 11 is 0. The minimum Gasteiger partial charge on any atom is -0.352 e. The molecule has 0 aromatic carbocycles. The third kappa shape index (κ3) is 6.12. The molecule has 0 rings (SSSR count). The van der Waals surface area contributed by atoms with Gasteiger partial charge in [0.25, 0.3) is 0 Å². The third-order valence-electron chi connectivity index (χ3n) is 2.50. The molecular formula is C14H28N4O2. The maximum atomic E-state index is 12.0. The Labute approximate surface area is 121 Å². The summed E-state index contributed by atoms with van der Waals surface area (Å²) in [4.78, 5) is 23.9. The highest BCUT2D eigenvalue weighted by molar-refractivity contribution is 5.86. The highest BCUT2D eigenvalue weighted by Crippen LogP contribution is 2.16. The van der Waals surface area contributed by atoms with Crippen LogP contribution >= 0.6 is 0 Å². The van der Waals surface area contributed by atoms with Gasteiger partial charge in [0, 0.05) is 12.1 Å². The van der Waals surface area contributed by atoms with Crippen LogP contribution in [0.5, 0.6) is 0 Å². The molecule has 0 radical (unpaired) electrons. The number of hydrogen-bond acceptors (Lipinski definition) is 4. The van der Waals surface area contributed by atoms with Gasteiger partial charge in [-0.2, -0.15) is 10.2 Å². The number of carbonyl (C=O) groups is 2. The van der Waals surface area contributed by atoms with Crippen LogP contribution in [0.4, 0.5) is 0 Å². The predicted octanol–water partition coefficient (Wildman–Crippen LogP) is 2.04. The number of nitrogens with one attached hydrogen (secondary N) is 2. The van der Waals surface area contributed by atoms with Gasteiger partial charge in [-0.25, -0.2) is 0 Å². The molecule has 0 aliphatic carbocycles. The normalized spacial score (nSPS) is 13.1. The Morgan fingerprint density at radius 3 is 1.20 bits per heavy atom. The molecule has 0 saturated heterocycles. The van der Waals surface area contributed by atoms with Gasteiger partial charge in [-0.1, -0.05) is 0 Å². The molecule has 0 bridgehead atoms. The van der Waals surface area contributed by atoms with Crippen molar-refractivity contribution in [3.8, 4) is 0 Å². The van der Waals surface area contributed by atoms with Crippen LogP contribution in [0.2, 0.25) is 0 Å². The van der Waals surface area contributed by atoms with E-state index in [1.807, 2.05) is 27.7 Å². The van der Waals surface area contributed by atoms with Crippen LogP contribution in [0.15, 0.2) is 10.2 Å². The van der Waals surface area contributed by atoms with Crippen LogP contribution in [0.25, 0.3) is 0 Å². The molecule has 20 heavy (non-hydrogen) atoms. The number of amides is 2. The molecule has 0 aromatic heterocycles. The molecule has 0 atom stereocenters. The quantitative estimate of drug-likeness (QED) is 0.732. The van der Waals surface area contributed by atoms with Crippen molar-refractivity contribution in [3.05, 3.63) is 0 Å². The first-order chi connectivity index (χ1) is 8.88. The first-order valence-corrected chi connectivity index (χ1v) is 6.94. The van der Waals surface area contributed by atoms with E-state index in [-0.39, 0.29) is 23.9 Å². The van der Waals surface area contributed by atoms with Gasteiger partial charge in [0.2, 0.25) is 11.8 Å². The van der Waals surface area contributed by atoms with E-state index in [1.165, 1.54) is 0 Å². The van der Waals surface area contributed by atoms with Crippen molar-refractivity contribution in [2.45, 2.75) is 78.6 Å². The van der Waals surface area contributed by atoms with Crippen LogP contribution in [0.1, 0.15) is 55.4 Å². The smallest absolute Gasteiger partial charge is 0.249 e. The summed E-state index contributed by atoms with van der Waals surface area (Å²) in [5, 5.41) is 13.7. The number of azo groups is 1. The minimum absolute atomic E-state index is 0.0363. The Kier molecular flexibility index (Phi) is 6.32. The molecule has 0 unspecified atom stereocenters. The van der Waals surface area contributed by atoms with E-state index >= 15 is 0 Å². The molecule has 6 nitrogen and oxygen atoms in total. The summed E-state index contributed by atoms with van der Waals surface area (Å²) in [5.41, 5.74) is -2.00. The lowest BCUT2D eigenvalue weighted by molar-refractivity contribution is -0.127. The van der Waals surface area contributed by atoms with Crippen LogP contribution in [-0.2, 0) is 9.59 Å². The molecule has 0 spiro atoms. The molecule has 0 aliphatic rings. The molecule has 2 amide bonds. The second kappa shape index (κ2) is 6.81. The minimum atomic E-state index is -1.00. The number of hydrogen-bond donors (Lipinski definition) is 2. The molecule has 2 N–H and O–H groups in total. The van der Waals surface area contributed by atoms with Gasteiger partial charge < -0.3 is 10.6 Å². The standard InChI is InChI=1S/C14H28N4O2/c1-9(2)15-11(19)13(5,6)17-18-14(7,8)12(20)16-10(3)4/h9-10H,1-8H3,(H,15,19)(H,16,20)/b18-17+. The Balaban J connectivity index is 4.90. The zero-order chi connectivity index (χ0) is 16.1. The number of carbonyl (C=O) groups excluding carboxylic acids is 2. The fraction of sp³-hybridized carbons (Fsp3) is 0.857. The Morgan fingerprint density at radius 1 is 0.750 bits per heavy atom. The van der Waals surface area contributed by atoms with Gasteiger partial charge in [-0.3, -0.25) is 9.59 Å². The largest absolute Gasteiger partial charge is 0.352 e. The fourth-order valence-corrected chi connectivity index (χ4v) is 1.22. The van der Waals surface area contributed by atoms with Gasteiger partial charge >= 0.3 is 0 Å². The Bertz CT molecular complexity index is 349. The van der Waals surface area contributed by atoms with Crippen LogP contribution in [0.3, 0.4) is 0 Å². The second-order valence-electron chi connectivity index (χ2n) is 6.57. The molecule has 0 saturated carbocycles. The second-order valence-corrected chi connectivity index (χ2v) is 6.57. The maximum Gasteiger partial charge on any atom is 0.249 e. The zero-order valence-corrected chi connectivity index (χ0v) is 13.9. The molecule has 116 valence electrons. The van der Waals surface area contributed by atoms with Crippen LogP contribution in [0, 0.1) is 0 Å². The van der Waals surface area contributed by atoms with Gasteiger partial charge in [-0.15, -0.1) is 0 Å². The topological polar surface area (TPSA) is 82.9 Å². The molecule has 0 heterocycles. The van der Waals surface area contributed by atoms with Crippen molar-refractivity contribution < 1.29 is 9.59 Å². The first kappa shape index (κ1) is 18.5. The van der Waals surface area contributed by atoms with E-state index in [0.717, 1.165) is 0 Å². The average molecular weight is 284 g/mol. The monoisotopic (exact) mass is 284 g/mol. The maximum absolute atomic E-state index is 12.0. The molecule has 6 heteroatoms. The Morgan fingerprint density at radius 2 is 1.00 bits per heavy atom. The van der Waals surface area contributed by atoms with Crippen molar-refractivity contribution in [2.75, 3.05) is 0 Å². The molecular weight excluding hydrogens is 256 g/mol. The lowest BCUT2D eigenvalue weighted by atomic mass is 10.0. The lowest BCUT2D eigenvalue weighted by Crippen LogP contribution is -2.46. The average Bonchev–Trinajstić information content (AvgIpc) is 2.24. The van der Waals surface area contributed by atoms with E-state index in [4.69, 9.17) is 0 Å². The summed E-state index contributed by atoms with van der Waals surface area (Å²) in [7, 11) is 0. The van der Waals surface area contributed by atoms with Crippen molar-refractivity contribution in [1.29, 1.82) is 0 Å². The summed E-state index contributed by atoms with van der Waals surface area (Å²) in [6, 6.07) is 0.0726. The summed E-state index contributed by atoms with van der Waals surface area (Å²) in [5.74, 6) is -0.423. The summed E-state index contributed by atoms with van der Waals surface area (Å²) in [6.07, 6.45) is 0. The molecule has 0 aliphatic heterocycles. The van der Waals surface area contributed by atoms with E-state index in [0.29, 0.717) is 0 Å². The van der Waals surface area contributed by atoms with Gasteiger partial charge in [0.1, 0.15) is 0 Å². The van der Waals surface area contributed by atoms with E-state index in [1.54, 1.807) is 27.7 Å². The molecule has 0 fully saturated rings. The van der Waals surface area contributed by atoms with E-state index in [9.17, 15) is 9.59 Å². The number of nitrogens with zero attached hydrogens (tertiary/aromatic N) is 2. The highest BCUT2D eigenvalue weighted by Gasteiger charge is 2.32. The molecule has 0 aromatic rings.